The number of anilines is 1. The molecule has 2 N–H and O–H groups in total. The average molecular weight is 646 g/mol. The van der Waals surface area contributed by atoms with E-state index in [-0.39, 0.29) is 36.0 Å². The Hall–Kier alpha value is -3.67. The molecule has 1 saturated carbocycles. The van der Waals surface area contributed by atoms with Crippen LogP contribution in [0.3, 0.4) is 0 Å². The van der Waals surface area contributed by atoms with Crippen LogP contribution in [0.4, 0.5) is 14.9 Å². The number of ether oxygens (including phenoxy) is 3. The molecule has 46 heavy (non-hydrogen) atoms. The normalized spacial score (nSPS) is 22.3. The van der Waals surface area contributed by atoms with Crippen molar-refractivity contribution < 1.29 is 42.2 Å². The van der Waals surface area contributed by atoms with Crippen molar-refractivity contribution in [3.05, 3.63) is 30.0 Å². The van der Waals surface area contributed by atoms with Crippen molar-refractivity contribution in [2.75, 3.05) is 31.7 Å². The summed E-state index contributed by atoms with van der Waals surface area (Å²) in [7, 11) is 0. The number of rotatable bonds is 12. The zero-order valence-corrected chi connectivity index (χ0v) is 27.6. The number of amides is 3. The van der Waals surface area contributed by atoms with Gasteiger partial charge in [-0.3, -0.25) is 9.59 Å². The van der Waals surface area contributed by atoms with E-state index in [1.54, 1.807) is 56.9 Å². The molecule has 1 aliphatic carbocycles. The second-order valence-corrected chi connectivity index (χ2v) is 13.1. The topological polar surface area (TPSA) is 136 Å². The van der Waals surface area contributed by atoms with E-state index in [0.29, 0.717) is 61.9 Å². The minimum Gasteiger partial charge on any atom is -0.460 e. The molecule has 1 aromatic carbocycles. The molecule has 3 atom stereocenters. The van der Waals surface area contributed by atoms with E-state index in [0.717, 1.165) is 12.8 Å². The summed E-state index contributed by atoms with van der Waals surface area (Å²) in [5.74, 6) is -1.39. The van der Waals surface area contributed by atoms with Crippen LogP contribution < -0.4 is 10.6 Å². The van der Waals surface area contributed by atoms with Crippen molar-refractivity contribution in [3.8, 4) is 0 Å². The van der Waals surface area contributed by atoms with Crippen LogP contribution in [0.1, 0.15) is 90.1 Å². The molecular weight excluding hydrogens is 597 g/mol. The third-order valence-electron chi connectivity index (χ3n) is 8.54. The third kappa shape index (κ3) is 8.98. The average Bonchev–Trinajstić information content (AvgIpc) is 3.63. The number of fused-ring (bicyclic) bond motifs is 1. The molecule has 3 amide bonds. The van der Waals surface area contributed by atoms with Gasteiger partial charge in [-0.2, -0.15) is 0 Å². The van der Waals surface area contributed by atoms with E-state index in [1.807, 2.05) is 0 Å². The number of alkyl halides is 1. The van der Waals surface area contributed by atoms with Crippen molar-refractivity contribution >= 4 is 40.5 Å². The molecule has 11 nitrogen and oxygen atoms in total. The number of nitrogens with one attached hydrogen (secondary N) is 2. The van der Waals surface area contributed by atoms with Gasteiger partial charge in [0.1, 0.15) is 23.9 Å². The number of esters is 1. The van der Waals surface area contributed by atoms with E-state index in [2.05, 4.69) is 17.6 Å². The summed E-state index contributed by atoms with van der Waals surface area (Å²) < 4.78 is 36.0. The van der Waals surface area contributed by atoms with Crippen LogP contribution in [0.25, 0.3) is 11.0 Å². The number of carbonyl (C=O) groups is 4. The number of hydrogen-bond acceptors (Lipinski definition) is 8. The van der Waals surface area contributed by atoms with Gasteiger partial charge in [-0.05, 0) is 96.4 Å². The summed E-state index contributed by atoms with van der Waals surface area (Å²) in [6.07, 6.45) is 3.42. The molecule has 4 rings (SSSR count). The van der Waals surface area contributed by atoms with Gasteiger partial charge in [0, 0.05) is 30.1 Å². The van der Waals surface area contributed by atoms with E-state index >= 15 is 0 Å². The Labute approximate surface area is 269 Å². The molecule has 0 radical (unpaired) electrons. The Kier molecular flexibility index (Phi) is 12.0. The maximum Gasteiger partial charge on any atom is 0.407 e. The molecule has 254 valence electrons. The zero-order chi connectivity index (χ0) is 33.4. The first kappa shape index (κ1) is 35.2. The highest BCUT2D eigenvalue weighted by atomic mass is 19.1. The summed E-state index contributed by atoms with van der Waals surface area (Å²) in [6, 6.07) is 5.12. The van der Waals surface area contributed by atoms with E-state index < -0.39 is 42.5 Å². The molecule has 12 heteroatoms. The molecule has 0 spiro atoms. The highest BCUT2D eigenvalue weighted by molar-refractivity contribution is 6.00. The molecule has 1 saturated heterocycles. The molecule has 0 bridgehead atoms. The lowest BCUT2D eigenvalue weighted by molar-refractivity contribution is -0.143. The summed E-state index contributed by atoms with van der Waals surface area (Å²) >= 11 is 0. The van der Waals surface area contributed by atoms with E-state index in [9.17, 15) is 23.6 Å². The van der Waals surface area contributed by atoms with Crippen LogP contribution in [-0.2, 0) is 23.8 Å². The summed E-state index contributed by atoms with van der Waals surface area (Å²) in [5.41, 5.74) is 0.285. The van der Waals surface area contributed by atoms with Gasteiger partial charge in [0.15, 0.2) is 0 Å². The first-order valence-electron chi connectivity index (χ1n) is 16.4. The molecule has 1 aromatic heterocycles. The standard InChI is InChI=1S/C34H48FN3O8/c1-6-8-17-44-27-15-16-38(31(40)22-11-9-21(10-12-22)25(20-35)37-33(42)46-34(3,4)5)29(27)30(39)36-24-13-14-26-23(18-24)19-28(45-26)32(41)43-7-2/h13-14,18-19,21-22,25,27,29H,6-12,15-17,20H2,1-5H3,(H,36,39)(H,37,42)/t21-,22-,25-,27-,29+/m1/s1. The van der Waals surface area contributed by atoms with Crippen molar-refractivity contribution in [1.82, 2.24) is 10.2 Å². The minimum atomic E-state index is -0.815. The number of alkyl carbamates (subject to hydrolysis) is 1. The SMILES string of the molecule is CCCCO[C@@H]1CCN(C(=O)[C@H]2CC[C@H]([C@@H](CF)NC(=O)OC(C)(C)C)CC2)[C@@H]1C(=O)Nc1ccc2oc(C(=O)OCC)cc2c1. The van der Waals surface area contributed by atoms with Crippen molar-refractivity contribution in [1.29, 1.82) is 0 Å². The third-order valence-corrected chi connectivity index (χ3v) is 8.54. The van der Waals surface area contributed by atoms with E-state index in [1.165, 1.54) is 0 Å². The second-order valence-electron chi connectivity index (χ2n) is 13.1. The zero-order valence-electron chi connectivity index (χ0n) is 27.6. The number of hydrogen-bond donors (Lipinski definition) is 2. The van der Waals surface area contributed by atoms with Crippen LogP contribution in [0.5, 0.6) is 0 Å². The molecule has 0 unspecified atom stereocenters. The number of unbranched alkanes of at least 4 members (excludes halogenated alkanes) is 1. The monoisotopic (exact) mass is 645 g/mol. The van der Waals surface area contributed by atoms with Gasteiger partial charge in [-0.15, -0.1) is 0 Å². The van der Waals surface area contributed by atoms with Gasteiger partial charge >= 0.3 is 12.1 Å². The van der Waals surface area contributed by atoms with Gasteiger partial charge in [-0.25, -0.2) is 14.0 Å². The Morgan fingerprint density at radius 1 is 1.07 bits per heavy atom. The van der Waals surface area contributed by atoms with Crippen LogP contribution in [0, 0.1) is 11.8 Å². The molecular formula is C34H48FN3O8. The Bertz CT molecular complexity index is 1360. The van der Waals surface area contributed by atoms with Crippen molar-refractivity contribution in [2.24, 2.45) is 11.8 Å². The summed E-state index contributed by atoms with van der Waals surface area (Å²) in [6.45, 7) is 9.41. The number of nitrogens with zero attached hydrogens (tertiary/aromatic N) is 1. The van der Waals surface area contributed by atoms with Crippen LogP contribution in [0.15, 0.2) is 28.7 Å². The quantitative estimate of drug-likeness (QED) is 0.212. The predicted molar refractivity (Wildman–Crippen MR) is 170 cm³/mol. The molecule has 2 aromatic rings. The highest BCUT2D eigenvalue weighted by Crippen LogP contribution is 2.35. The smallest absolute Gasteiger partial charge is 0.407 e. The summed E-state index contributed by atoms with van der Waals surface area (Å²) in [5, 5.41) is 6.23. The lowest BCUT2D eigenvalue weighted by atomic mass is 9.78. The number of furan rings is 1. The minimum absolute atomic E-state index is 0.0745. The Morgan fingerprint density at radius 2 is 1.80 bits per heavy atom. The highest BCUT2D eigenvalue weighted by Gasteiger charge is 2.45. The molecule has 1 aliphatic heterocycles. The fourth-order valence-corrected chi connectivity index (χ4v) is 6.26. The van der Waals surface area contributed by atoms with Gasteiger partial charge < -0.3 is 34.2 Å². The lowest BCUT2D eigenvalue weighted by Gasteiger charge is -2.35. The fourth-order valence-electron chi connectivity index (χ4n) is 6.26. The number of benzene rings is 1. The first-order valence-corrected chi connectivity index (χ1v) is 16.4. The second kappa shape index (κ2) is 15.8. The molecule has 2 aliphatic rings. The largest absolute Gasteiger partial charge is 0.460 e. The first-order chi connectivity index (χ1) is 21.9. The fraction of sp³-hybridized carbons (Fsp3) is 0.647. The van der Waals surface area contributed by atoms with Crippen LogP contribution in [0.2, 0.25) is 0 Å². The summed E-state index contributed by atoms with van der Waals surface area (Å²) in [4.78, 5) is 53.7. The Balaban J connectivity index is 1.43. The number of likely N-dealkylation sites (tertiary alicyclic amines) is 1. The van der Waals surface area contributed by atoms with Crippen molar-refractivity contribution in [2.45, 2.75) is 103 Å². The number of halogens is 1. The lowest BCUT2D eigenvalue weighted by Crippen LogP contribution is -2.51. The maximum atomic E-state index is 14.0. The van der Waals surface area contributed by atoms with Gasteiger partial charge in [0.05, 0.1) is 18.8 Å². The molecule has 2 heterocycles. The maximum absolute atomic E-state index is 14.0. The van der Waals surface area contributed by atoms with Crippen LogP contribution in [-0.4, -0.2) is 79.0 Å². The van der Waals surface area contributed by atoms with Gasteiger partial charge in [-0.1, -0.05) is 13.3 Å². The number of carbonyl (C=O) groups excluding carboxylic acids is 4. The predicted octanol–water partition coefficient (Wildman–Crippen LogP) is 6.00. The van der Waals surface area contributed by atoms with Crippen LogP contribution >= 0.6 is 0 Å². The molecule has 2 fully saturated rings. The van der Waals surface area contributed by atoms with Gasteiger partial charge in [0.25, 0.3) is 0 Å². The van der Waals surface area contributed by atoms with Crippen molar-refractivity contribution in [3.63, 3.8) is 0 Å². The van der Waals surface area contributed by atoms with E-state index in [4.69, 9.17) is 18.6 Å². The van der Waals surface area contributed by atoms with Gasteiger partial charge in [0.2, 0.25) is 17.6 Å². The Morgan fingerprint density at radius 3 is 2.46 bits per heavy atom.